The summed E-state index contributed by atoms with van der Waals surface area (Å²) in [5.74, 6) is 1.91. The van der Waals surface area contributed by atoms with Crippen molar-refractivity contribution in [2.45, 2.75) is 46.1 Å². The van der Waals surface area contributed by atoms with Crippen molar-refractivity contribution < 1.29 is 4.79 Å². The molecule has 1 aromatic rings. The maximum Gasteiger partial charge on any atom is 0.272 e. The number of rotatable bonds is 3. The predicted molar refractivity (Wildman–Crippen MR) is 90.4 cm³/mol. The maximum atomic E-state index is 13.1. The Morgan fingerprint density at radius 3 is 2.78 bits per heavy atom. The number of hydrogen-bond acceptors (Lipinski definition) is 4. The fourth-order valence-electron chi connectivity index (χ4n) is 3.97. The molecular formula is C18H28N4O. The van der Waals surface area contributed by atoms with Gasteiger partial charge in [0.2, 0.25) is 0 Å². The molecule has 0 unspecified atom stereocenters. The first-order valence-electron chi connectivity index (χ1n) is 8.76. The van der Waals surface area contributed by atoms with Gasteiger partial charge < -0.3 is 9.80 Å². The molecule has 0 aliphatic carbocycles. The van der Waals surface area contributed by atoms with Gasteiger partial charge in [0.15, 0.2) is 0 Å². The summed E-state index contributed by atoms with van der Waals surface area (Å²) in [7, 11) is 2.16. The van der Waals surface area contributed by atoms with Crippen LogP contribution in [-0.4, -0.2) is 58.4 Å². The van der Waals surface area contributed by atoms with Gasteiger partial charge in [-0.15, -0.1) is 0 Å². The average molecular weight is 316 g/mol. The first kappa shape index (κ1) is 16.4. The number of aromatic nitrogens is 2. The largest absolute Gasteiger partial charge is 0.333 e. The second-order valence-electron chi connectivity index (χ2n) is 7.67. The highest BCUT2D eigenvalue weighted by atomic mass is 16.2. The van der Waals surface area contributed by atoms with Crippen LogP contribution in [0.15, 0.2) is 6.07 Å². The van der Waals surface area contributed by atoms with E-state index in [1.165, 1.54) is 6.42 Å². The Morgan fingerprint density at radius 2 is 2.04 bits per heavy atom. The molecule has 5 heteroatoms. The van der Waals surface area contributed by atoms with Gasteiger partial charge in [0.25, 0.3) is 5.91 Å². The zero-order chi connectivity index (χ0) is 16.6. The molecule has 4 heterocycles. The Hall–Kier alpha value is -1.49. The summed E-state index contributed by atoms with van der Waals surface area (Å²) in [5, 5.41) is 0. The van der Waals surface area contributed by atoms with Crippen molar-refractivity contribution in [2.75, 3.05) is 26.7 Å². The van der Waals surface area contributed by atoms with E-state index in [0.717, 1.165) is 38.2 Å². The molecule has 4 rings (SSSR count). The normalized spacial score (nSPS) is 25.0. The zero-order valence-corrected chi connectivity index (χ0v) is 14.7. The first-order chi connectivity index (χ1) is 10.9. The number of nitrogens with zero attached hydrogens (tertiary/aromatic N) is 4. The molecule has 1 amide bonds. The topological polar surface area (TPSA) is 49.3 Å². The Balaban J connectivity index is 1.84. The molecule has 3 saturated heterocycles. The van der Waals surface area contributed by atoms with E-state index in [9.17, 15) is 4.79 Å². The first-order valence-corrected chi connectivity index (χ1v) is 8.76. The molecule has 3 aliphatic rings. The van der Waals surface area contributed by atoms with E-state index in [1.807, 2.05) is 13.0 Å². The summed E-state index contributed by atoms with van der Waals surface area (Å²) in [6, 6.07) is 2.23. The van der Waals surface area contributed by atoms with Gasteiger partial charge in [-0.05, 0) is 51.1 Å². The van der Waals surface area contributed by atoms with Crippen LogP contribution < -0.4 is 0 Å². The van der Waals surface area contributed by atoms with E-state index in [-0.39, 0.29) is 5.91 Å². The molecule has 3 fully saturated rings. The predicted octanol–water partition coefficient (Wildman–Crippen LogP) is 2.15. The van der Waals surface area contributed by atoms with Crippen LogP contribution in [0.1, 0.15) is 48.7 Å². The van der Waals surface area contributed by atoms with Gasteiger partial charge in [0.1, 0.15) is 11.5 Å². The number of piperidine rings is 1. The monoisotopic (exact) mass is 316 g/mol. The highest BCUT2D eigenvalue weighted by molar-refractivity contribution is 5.92. The molecule has 0 N–H and O–H groups in total. The van der Waals surface area contributed by atoms with E-state index in [2.05, 4.69) is 40.7 Å². The molecule has 3 aliphatic heterocycles. The van der Waals surface area contributed by atoms with E-state index in [4.69, 9.17) is 0 Å². The molecule has 0 saturated carbocycles. The Kier molecular flexibility index (Phi) is 4.67. The third kappa shape index (κ3) is 3.71. The van der Waals surface area contributed by atoms with Crippen LogP contribution in [0.2, 0.25) is 0 Å². The number of likely N-dealkylation sites (N-methyl/N-ethyl adjacent to an activating group) is 1. The van der Waals surface area contributed by atoms with Crippen LogP contribution in [0.3, 0.4) is 0 Å². The van der Waals surface area contributed by atoms with Crippen LogP contribution >= 0.6 is 0 Å². The summed E-state index contributed by atoms with van der Waals surface area (Å²) >= 11 is 0. The number of amides is 1. The van der Waals surface area contributed by atoms with Gasteiger partial charge in [-0.2, -0.15) is 0 Å². The lowest BCUT2D eigenvalue weighted by Crippen LogP contribution is -2.47. The van der Waals surface area contributed by atoms with E-state index in [0.29, 0.717) is 29.4 Å². The van der Waals surface area contributed by atoms with Crippen molar-refractivity contribution >= 4 is 5.91 Å². The summed E-state index contributed by atoms with van der Waals surface area (Å²) in [6.45, 7) is 9.16. The molecule has 126 valence electrons. The molecule has 2 atom stereocenters. The fourth-order valence-corrected chi connectivity index (χ4v) is 3.97. The number of carbonyl (C=O) groups excluding carboxylic acids is 1. The van der Waals surface area contributed by atoms with Crippen molar-refractivity contribution in [2.24, 2.45) is 11.8 Å². The second kappa shape index (κ2) is 6.56. The quantitative estimate of drug-likeness (QED) is 0.857. The number of aryl methyl sites for hydroxylation is 1. The molecular weight excluding hydrogens is 288 g/mol. The van der Waals surface area contributed by atoms with Gasteiger partial charge in [0, 0.05) is 31.4 Å². The summed E-state index contributed by atoms with van der Waals surface area (Å²) in [5.41, 5.74) is 1.55. The van der Waals surface area contributed by atoms with Crippen molar-refractivity contribution in [3.8, 4) is 0 Å². The zero-order valence-electron chi connectivity index (χ0n) is 14.7. The summed E-state index contributed by atoms with van der Waals surface area (Å²) < 4.78 is 0. The minimum absolute atomic E-state index is 0.0884. The molecule has 1 aromatic heterocycles. The standard InChI is InChI=1S/C18H28N4O/c1-12(2)7-15-8-17(20-13(3)19-15)18(23)22-10-14-5-6-16(22)11-21(4)9-14/h8,12,14,16H,5-7,9-11H2,1-4H3/t14-,16+/m0/s1. The minimum Gasteiger partial charge on any atom is -0.333 e. The van der Waals surface area contributed by atoms with Crippen molar-refractivity contribution in [3.05, 3.63) is 23.3 Å². The highest BCUT2D eigenvalue weighted by Gasteiger charge is 2.36. The van der Waals surface area contributed by atoms with Gasteiger partial charge in [0.05, 0.1) is 0 Å². The SMILES string of the molecule is Cc1nc(CC(C)C)cc(C(=O)N2C[C@H]3CC[C@@H]2CN(C)C3)n1. The van der Waals surface area contributed by atoms with Crippen LogP contribution in [0.4, 0.5) is 0 Å². The van der Waals surface area contributed by atoms with Crippen molar-refractivity contribution in [1.82, 2.24) is 19.8 Å². The van der Waals surface area contributed by atoms with Gasteiger partial charge in [-0.25, -0.2) is 9.97 Å². The number of carbonyl (C=O) groups is 1. The van der Waals surface area contributed by atoms with Crippen LogP contribution in [0, 0.1) is 18.8 Å². The Bertz CT molecular complexity index is 586. The van der Waals surface area contributed by atoms with E-state index in [1.54, 1.807) is 0 Å². The molecule has 0 radical (unpaired) electrons. The minimum atomic E-state index is 0.0884. The summed E-state index contributed by atoms with van der Waals surface area (Å²) in [4.78, 5) is 26.4. The smallest absolute Gasteiger partial charge is 0.272 e. The van der Waals surface area contributed by atoms with Crippen molar-refractivity contribution in [3.63, 3.8) is 0 Å². The lowest BCUT2D eigenvalue weighted by molar-refractivity contribution is 0.0580. The Labute approximate surface area is 139 Å². The van der Waals surface area contributed by atoms with Crippen molar-refractivity contribution in [1.29, 1.82) is 0 Å². The maximum absolute atomic E-state index is 13.1. The molecule has 23 heavy (non-hydrogen) atoms. The van der Waals surface area contributed by atoms with Gasteiger partial charge in [-0.3, -0.25) is 4.79 Å². The van der Waals surface area contributed by atoms with Gasteiger partial charge >= 0.3 is 0 Å². The third-order valence-electron chi connectivity index (χ3n) is 4.88. The second-order valence-corrected chi connectivity index (χ2v) is 7.67. The molecule has 0 spiro atoms. The van der Waals surface area contributed by atoms with Crippen LogP contribution in [-0.2, 0) is 6.42 Å². The van der Waals surface area contributed by atoms with Crippen LogP contribution in [0.25, 0.3) is 0 Å². The third-order valence-corrected chi connectivity index (χ3v) is 4.88. The molecule has 0 aromatic carbocycles. The number of fused-ring (bicyclic) bond motifs is 4. The lowest BCUT2D eigenvalue weighted by atomic mass is 9.94. The highest BCUT2D eigenvalue weighted by Crippen LogP contribution is 2.28. The fraction of sp³-hybridized carbons (Fsp3) is 0.722. The Morgan fingerprint density at radius 1 is 1.26 bits per heavy atom. The molecule has 2 bridgehead atoms. The van der Waals surface area contributed by atoms with E-state index < -0.39 is 0 Å². The number of hydrogen-bond donors (Lipinski definition) is 0. The van der Waals surface area contributed by atoms with E-state index >= 15 is 0 Å². The molecule has 5 nitrogen and oxygen atoms in total. The average Bonchev–Trinajstić information content (AvgIpc) is 2.73. The summed E-state index contributed by atoms with van der Waals surface area (Å²) in [6.07, 6.45) is 3.24. The van der Waals surface area contributed by atoms with Crippen LogP contribution in [0.5, 0.6) is 0 Å². The van der Waals surface area contributed by atoms with Gasteiger partial charge in [-0.1, -0.05) is 13.8 Å². The lowest BCUT2D eigenvalue weighted by Gasteiger charge is -2.36.